The quantitative estimate of drug-likeness (QED) is 0.787. The van der Waals surface area contributed by atoms with Crippen LogP contribution in [0.15, 0.2) is 24.4 Å². The first-order valence-corrected chi connectivity index (χ1v) is 10.2. The Bertz CT molecular complexity index is 1010. The van der Waals surface area contributed by atoms with Crippen LogP contribution in [0.3, 0.4) is 0 Å². The highest BCUT2D eigenvalue weighted by molar-refractivity contribution is 6.31. The maximum atomic E-state index is 12.7. The van der Waals surface area contributed by atoms with Gasteiger partial charge in [0.25, 0.3) is 0 Å². The van der Waals surface area contributed by atoms with Gasteiger partial charge in [0.15, 0.2) is 0 Å². The van der Waals surface area contributed by atoms with E-state index in [2.05, 4.69) is 15.3 Å². The number of nitrogens with one attached hydrogen (secondary N) is 1. The zero-order valence-corrected chi connectivity index (χ0v) is 16.4. The van der Waals surface area contributed by atoms with E-state index in [0.29, 0.717) is 53.9 Å². The number of rotatable bonds is 4. The van der Waals surface area contributed by atoms with Crippen molar-refractivity contribution in [3.05, 3.63) is 46.4 Å². The second-order valence-electron chi connectivity index (χ2n) is 8.08. The summed E-state index contributed by atoms with van der Waals surface area (Å²) in [5.41, 5.74) is 1.44. The molecule has 29 heavy (non-hydrogen) atoms. The van der Waals surface area contributed by atoms with E-state index in [9.17, 15) is 14.7 Å². The summed E-state index contributed by atoms with van der Waals surface area (Å²) in [4.78, 5) is 32.7. The molecule has 3 aliphatic rings. The molecule has 7 nitrogen and oxygen atoms in total. The fourth-order valence-corrected chi connectivity index (χ4v) is 4.60. The smallest absolute Gasteiger partial charge is 0.354 e. The molecule has 1 spiro atoms. The van der Waals surface area contributed by atoms with Crippen LogP contribution in [-0.2, 0) is 10.2 Å². The van der Waals surface area contributed by atoms with Gasteiger partial charge in [-0.25, -0.2) is 14.8 Å². The molecule has 0 radical (unpaired) electrons. The number of aromatic nitrogens is 2. The SMILES string of the molecule is O=C(O)c1ccc2c(n1)[C@]1(CC[C@@H](Oc3ncc(C4CC4)cc3Cl)CC1)C(=O)N2. The number of aromatic carboxylic acids is 1. The first-order valence-electron chi connectivity index (χ1n) is 9.85. The van der Waals surface area contributed by atoms with E-state index in [0.717, 1.165) is 5.56 Å². The molecule has 2 fully saturated rings. The van der Waals surface area contributed by atoms with Gasteiger partial charge in [0.2, 0.25) is 11.8 Å². The molecule has 1 aliphatic heterocycles. The number of fused-ring (bicyclic) bond motifs is 2. The average Bonchev–Trinajstić information content (AvgIpc) is 3.52. The number of nitrogens with zero attached hydrogens (tertiary/aromatic N) is 2. The van der Waals surface area contributed by atoms with E-state index in [1.165, 1.54) is 18.9 Å². The van der Waals surface area contributed by atoms with Crippen molar-refractivity contribution in [2.45, 2.75) is 56.0 Å². The molecular weight excluding hydrogens is 394 g/mol. The maximum absolute atomic E-state index is 12.7. The number of carboxylic acid groups (broad SMARTS) is 1. The van der Waals surface area contributed by atoms with Gasteiger partial charge in [0.05, 0.1) is 16.8 Å². The van der Waals surface area contributed by atoms with Crippen molar-refractivity contribution < 1.29 is 19.4 Å². The minimum atomic E-state index is -1.10. The number of pyridine rings is 2. The summed E-state index contributed by atoms with van der Waals surface area (Å²) in [5.74, 6) is -0.215. The van der Waals surface area contributed by atoms with Gasteiger partial charge in [0.1, 0.15) is 16.8 Å². The number of ether oxygens (including phenoxy) is 1. The summed E-state index contributed by atoms with van der Waals surface area (Å²) in [5, 5.41) is 12.6. The van der Waals surface area contributed by atoms with Crippen molar-refractivity contribution in [2.75, 3.05) is 5.32 Å². The number of carbonyl (C=O) groups is 2. The number of halogens is 1. The highest BCUT2D eigenvalue weighted by Gasteiger charge is 2.50. The zero-order chi connectivity index (χ0) is 20.2. The van der Waals surface area contributed by atoms with Crippen LogP contribution in [0.2, 0.25) is 5.02 Å². The van der Waals surface area contributed by atoms with E-state index in [4.69, 9.17) is 16.3 Å². The molecule has 0 unspecified atom stereocenters. The normalized spacial score (nSPS) is 25.6. The molecule has 150 valence electrons. The molecule has 0 bridgehead atoms. The third-order valence-corrected chi connectivity index (χ3v) is 6.46. The predicted octanol–water partition coefficient (Wildman–Crippen LogP) is 3.92. The topological polar surface area (TPSA) is 101 Å². The highest BCUT2D eigenvalue weighted by Crippen LogP contribution is 2.47. The molecule has 0 aromatic carbocycles. The molecule has 5 rings (SSSR count). The fraction of sp³-hybridized carbons (Fsp3) is 0.429. The molecule has 0 atom stereocenters. The van der Waals surface area contributed by atoms with Crippen molar-refractivity contribution in [3.8, 4) is 5.88 Å². The van der Waals surface area contributed by atoms with E-state index >= 15 is 0 Å². The van der Waals surface area contributed by atoms with Gasteiger partial charge in [-0.15, -0.1) is 0 Å². The van der Waals surface area contributed by atoms with Crippen molar-refractivity contribution in [2.24, 2.45) is 0 Å². The molecule has 3 heterocycles. The van der Waals surface area contributed by atoms with Crippen LogP contribution in [0.4, 0.5) is 5.69 Å². The Balaban J connectivity index is 1.32. The Morgan fingerprint density at radius 3 is 2.66 bits per heavy atom. The monoisotopic (exact) mass is 413 g/mol. The Morgan fingerprint density at radius 1 is 1.24 bits per heavy atom. The summed E-state index contributed by atoms with van der Waals surface area (Å²) in [6.45, 7) is 0. The van der Waals surface area contributed by atoms with Crippen molar-refractivity contribution in [1.29, 1.82) is 0 Å². The highest BCUT2D eigenvalue weighted by atomic mass is 35.5. The van der Waals surface area contributed by atoms with Gasteiger partial charge in [-0.1, -0.05) is 11.6 Å². The van der Waals surface area contributed by atoms with Crippen LogP contribution in [-0.4, -0.2) is 33.1 Å². The summed E-state index contributed by atoms with van der Waals surface area (Å²) in [6.07, 6.45) is 6.43. The van der Waals surface area contributed by atoms with Gasteiger partial charge in [-0.3, -0.25) is 4.79 Å². The zero-order valence-electron chi connectivity index (χ0n) is 15.7. The number of amides is 1. The van der Waals surface area contributed by atoms with Gasteiger partial charge in [-0.2, -0.15) is 0 Å². The fourth-order valence-electron chi connectivity index (χ4n) is 4.38. The lowest BCUT2D eigenvalue weighted by Crippen LogP contribution is -2.41. The number of carbonyl (C=O) groups excluding carboxylic acids is 1. The van der Waals surface area contributed by atoms with Crippen LogP contribution in [0.1, 0.15) is 66.2 Å². The molecule has 2 aromatic rings. The van der Waals surface area contributed by atoms with Gasteiger partial charge >= 0.3 is 5.97 Å². The van der Waals surface area contributed by atoms with Crippen molar-refractivity contribution in [1.82, 2.24) is 9.97 Å². The molecule has 2 aliphatic carbocycles. The van der Waals surface area contributed by atoms with Crippen LogP contribution < -0.4 is 10.1 Å². The number of carboxylic acids is 1. The molecule has 1 amide bonds. The lowest BCUT2D eigenvalue weighted by atomic mass is 9.71. The lowest BCUT2D eigenvalue weighted by Gasteiger charge is -2.34. The molecule has 2 saturated carbocycles. The molecule has 2 aromatic heterocycles. The first kappa shape index (κ1) is 18.4. The minimum absolute atomic E-state index is 0.0512. The summed E-state index contributed by atoms with van der Waals surface area (Å²) < 4.78 is 6.04. The van der Waals surface area contributed by atoms with Crippen LogP contribution in [0.5, 0.6) is 5.88 Å². The summed E-state index contributed by atoms with van der Waals surface area (Å²) in [6, 6.07) is 4.96. The predicted molar refractivity (Wildman–Crippen MR) is 106 cm³/mol. The first-order chi connectivity index (χ1) is 14.0. The van der Waals surface area contributed by atoms with E-state index in [1.54, 1.807) is 6.07 Å². The summed E-state index contributed by atoms with van der Waals surface area (Å²) in [7, 11) is 0. The molecule has 2 N–H and O–H groups in total. The largest absolute Gasteiger partial charge is 0.477 e. The molecule has 8 heteroatoms. The molecular formula is C21H20ClN3O4. The van der Waals surface area contributed by atoms with E-state index in [-0.39, 0.29) is 17.7 Å². The second kappa shape index (κ2) is 6.69. The van der Waals surface area contributed by atoms with Crippen LogP contribution in [0.25, 0.3) is 0 Å². The third-order valence-electron chi connectivity index (χ3n) is 6.19. The Kier molecular flexibility index (Phi) is 4.24. The van der Waals surface area contributed by atoms with Gasteiger partial charge in [-0.05, 0) is 68.2 Å². The standard InChI is InChI=1S/C21H20ClN3O4/c22-14-9-12(11-1-2-11)10-23-18(14)29-13-5-7-21(8-6-13)17-15(25-20(21)28)3-4-16(24-17)19(26)27/h3-4,9-11,13H,1-2,5-8H2,(H,25,28)(H,26,27)/t13-,21-. The minimum Gasteiger partial charge on any atom is -0.477 e. The van der Waals surface area contributed by atoms with E-state index in [1.807, 2.05) is 12.3 Å². The Hall–Kier alpha value is -2.67. The lowest BCUT2D eigenvalue weighted by molar-refractivity contribution is -0.122. The van der Waals surface area contributed by atoms with Gasteiger partial charge in [0, 0.05) is 6.20 Å². The number of hydrogen-bond acceptors (Lipinski definition) is 5. The Labute approximate surface area is 172 Å². The van der Waals surface area contributed by atoms with Gasteiger partial charge < -0.3 is 15.2 Å². The van der Waals surface area contributed by atoms with E-state index < -0.39 is 11.4 Å². The van der Waals surface area contributed by atoms with Crippen LogP contribution in [0, 0.1) is 0 Å². The third kappa shape index (κ3) is 3.13. The number of anilines is 1. The number of hydrogen-bond donors (Lipinski definition) is 2. The molecule has 0 saturated heterocycles. The van der Waals surface area contributed by atoms with Crippen molar-refractivity contribution in [3.63, 3.8) is 0 Å². The average molecular weight is 414 g/mol. The van der Waals surface area contributed by atoms with Crippen LogP contribution >= 0.6 is 11.6 Å². The Morgan fingerprint density at radius 2 is 2.00 bits per heavy atom. The maximum Gasteiger partial charge on any atom is 0.354 e. The summed E-state index contributed by atoms with van der Waals surface area (Å²) >= 11 is 6.36. The second-order valence-corrected chi connectivity index (χ2v) is 8.49. The van der Waals surface area contributed by atoms with Crippen molar-refractivity contribution >= 4 is 29.2 Å².